The van der Waals surface area contributed by atoms with Gasteiger partial charge in [-0.2, -0.15) is 0 Å². The number of nitrogens with one attached hydrogen (secondary N) is 1. The normalized spacial score (nSPS) is 10.4. The Morgan fingerprint density at radius 3 is 2.81 bits per heavy atom. The van der Waals surface area contributed by atoms with Crippen molar-refractivity contribution < 1.29 is 4.79 Å². The van der Waals surface area contributed by atoms with Crippen LogP contribution in [0.1, 0.15) is 37.0 Å². The van der Waals surface area contributed by atoms with Crippen molar-refractivity contribution in [3.05, 3.63) is 17.2 Å². The maximum atomic E-state index is 10.2. The van der Waals surface area contributed by atoms with Crippen LogP contribution >= 0.6 is 0 Å². The predicted octanol–water partition coefficient (Wildman–Crippen LogP) is 1.59. The molecule has 1 N–H and O–H groups in total. The maximum absolute atomic E-state index is 10.2. The van der Waals surface area contributed by atoms with Crippen LogP contribution in [-0.2, 0) is 17.8 Å². The zero-order chi connectivity index (χ0) is 12.0. The van der Waals surface area contributed by atoms with Crippen LogP contribution in [0.4, 0.5) is 0 Å². The second-order valence-electron chi connectivity index (χ2n) is 4.03. The van der Waals surface area contributed by atoms with Crippen molar-refractivity contribution in [3.8, 4) is 0 Å². The molecule has 90 valence electrons. The molecule has 0 unspecified atom stereocenters. The molecule has 1 aromatic rings. The summed E-state index contributed by atoms with van der Waals surface area (Å²) in [4.78, 5) is 14.8. The zero-order valence-corrected chi connectivity index (χ0v) is 10.4. The first kappa shape index (κ1) is 12.7. The van der Waals surface area contributed by atoms with Crippen LogP contribution in [0.5, 0.6) is 0 Å². The summed E-state index contributed by atoms with van der Waals surface area (Å²) < 4.78 is 2.21. The van der Waals surface area contributed by atoms with Crippen molar-refractivity contribution in [2.24, 2.45) is 0 Å². The highest BCUT2D eigenvalue weighted by Gasteiger charge is 2.09. The molecule has 0 aromatic carbocycles. The SMILES string of the molecule is CCCCc1nc(C)c(C)n1CCNC=O. The van der Waals surface area contributed by atoms with E-state index < -0.39 is 0 Å². The number of aromatic nitrogens is 2. The molecule has 0 aliphatic rings. The molecular formula is C12H21N3O. The van der Waals surface area contributed by atoms with Crippen LogP contribution < -0.4 is 5.32 Å². The molecule has 0 radical (unpaired) electrons. The number of nitrogens with zero attached hydrogens (tertiary/aromatic N) is 2. The van der Waals surface area contributed by atoms with Gasteiger partial charge in [-0.3, -0.25) is 4.79 Å². The molecule has 1 heterocycles. The highest BCUT2D eigenvalue weighted by molar-refractivity contribution is 5.45. The summed E-state index contributed by atoms with van der Waals surface area (Å²) >= 11 is 0. The van der Waals surface area contributed by atoms with E-state index in [0.29, 0.717) is 6.54 Å². The lowest BCUT2D eigenvalue weighted by atomic mass is 10.2. The van der Waals surface area contributed by atoms with Gasteiger partial charge in [0.2, 0.25) is 6.41 Å². The van der Waals surface area contributed by atoms with Crippen molar-refractivity contribution in [1.29, 1.82) is 0 Å². The number of amides is 1. The molecule has 1 aromatic heterocycles. The van der Waals surface area contributed by atoms with Gasteiger partial charge in [-0.1, -0.05) is 13.3 Å². The van der Waals surface area contributed by atoms with E-state index in [-0.39, 0.29) is 0 Å². The Morgan fingerprint density at radius 1 is 1.44 bits per heavy atom. The number of unbranched alkanes of at least 4 members (excludes halogenated alkanes) is 1. The molecule has 0 spiro atoms. The summed E-state index contributed by atoms with van der Waals surface area (Å²) in [7, 11) is 0. The smallest absolute Gasteiger partial charge is 0.207 e. The van der Waals surface area contributed by atoms with E-state index in [4.69, 9.17) is 0 Å². The van der Waals surface area contributed by atoms with Crippen molar-refractivity contribution in [3.63, 3.8) is 0 Å². The van der Waals surface area contributed by atoms with E-state index in [9.17, 15) is 4.79 Å². The Morgan fingerprint density at radius 2 is 2.19 bits per heavy atom. The van der Waals surface area contributed by atoms with Crippen molar-refractivity contribution >= 4 is 6.41 Å². The van der Waals surface area contributed by atoms with Crippen LogP contribution in [-0.4, -0.2) is 22.5 Å². The summed E-state index contributed by atoms with van der Waals surface area (Å²) in [5, 5.41) is 2.69. The summed E-state index contributed by atoms with van der Waals surface area (Å²) in [5.74, 6) is 1.14. The summed E-state index contributed by atoms with van der Waals surface area (Å²) in [6, 6.07) is 0. The van der Waals surface area contributed by atoms with Crippen LogP contribution in [0.2, 0.25) is 0 Å². The van der Waals surface area contributed by atoms with Crippen LogP contribution in [0.15, 0.2) is 0 Å². The van der Waals surface area contributed by atoms with Gasteiger partial charge < -0.3 is 9.88 Å². The Labute approximate surface area is 97.1 Å². The van der Waals surface area contributed by atoms with E-state index in [1.807, 2.05) is 6.92 Å². The standard InChI is InChI=1S/C12H21N3O/c1-4-5-6-12-14-10(2)11(3)15(12)8-7-13-9-16/h9H,4-8H2,1-3H3,(H,13,16). The molecule has 0 aliphatic heterocycles. The van der Waals surface area contributed by atoms with Gasteiger partial charge in [0.1, 0.15) is 5.82 Å². The Kier molecular flexibility index (Phi) is 5.02. The zero-order valence-electron chi connectivity index (χ0n) is 10.4. The minimum atomic E-state index is 0.666. The van der Waals surface area contributed by atoms with Crippen LogP contribution in [0, 0.1) is 13.8 Å². The van der Waals surface area contributed by atoms with Crippen molar-refractivity contribution in [1.82, 2.24) is 14.9 Å². The molecule has 0 bridgehead atoms. The third-order valence-electron chi connectivity index (χ3n) is 2.85. The largest absolute Gasteiger partial charge is 0.357 e. The number of hydrogen-bond acceptors (Lipinski definition) is 2. The van der Waals surface area contributed by atoms with E-state index in [1.54, 1.807) is 0 Å². The van der Waals surface area contributed by atoms with Gasteiger partial charge in [0, 0.05) is 25.2 Å². The molecule has 1 rings (SSSR count). The molecule has 0 saturated carbocycles. The molecule has 4 nitrogen and oxygen atoms in total. The highest BCUT2D eigenvalue weighted by Crippen LogP contribution is 2.12. The van der Waals surface area contributed by atoms with Gasteiger partial charge in [0.05, 0.1) is 5.69 Å². The first-order chi connectivity index (χ1) is 7.70. The van der Waals surface area contributed by atoms with Crippen molar-refractivity contribution in [2.75, 3.05) is 6.54 Å². The van der Waals surface area contributed by atoms with Gasteiger partial charge in [-0.25, -0.2) is 4.98 Å². The fraction of sp³-hybridized carbons (Fsp3) is 0.667. The topological polar surface area (TPSA) is 46.9 Å². The van der Waals surface area contributed by atoms with Gasteiger partial charge in [-0.15, -0.1) is 0 Å². The van der Waals surface area contributed by atoms with E-state index in [2.05, 4.69) is 28.7 Å². The molecule has 1 amide bonds. The number of carbonyl (C=O) groups is 1. The molecule has 0 atom stereocenters. The van der Waals surface area contributed by atoms with Crippen molar-refractivity contribution in [2.45, 2.75) is 46.6 Å². The third-order valence-corrected chi connectivity index (χ3v) is 2.85. The Hall–Kier alpha value is -1.32. The molecule has 0 fully saturated rings. The van der Waals surface area contributed by atoms with Gasteiger partial charge in [-0.05, 0) is 20.3 Å². The minimum Gasteiger partial charge on any atom is -0.357 e. The van der Waals surface area contributed by atoms with Gasteiger partial charge in [0.15, 0.2) is 0 Å². The first-order valence-electron chi connectivity index (χ1n) is 5.90. The minimum absolute atomic E-state index is 0.666. The average molecular weight is 223 g/mol. The average Bonchev–Trinajstić information content (AvgIpc) is 2.54. The molecular weight excluding hydrogens is 202 g/mol. The molecule has 0 aliphatic carbocycles. The van der Waals surface area contributed by atoms with E-state index in [0.717, 1.165) is 37.3 Å². The fourth-order valence-electron chi connectivity index (χ4n) is 1.78. The lowest BCUT2D eigenvalue weighted by Gasteiger charge is -2.09. The highest BCUT2D eigenvalue weighted by atomic mass is 16.1. The Balaban J connectivity index is 2.73. The second-order valence-corrected chi connectivity index (χ2v) is 4.03. The number of carbonyl (C=O) groups excluding carboxylic acids is 1. The molecule has 16 heavy (non-hydrogen) atoms. The quantitative estimate of drug-likeness (QED) is 0.563. The van der Waals surface area contributed by atoms with Gasteiger partial charge >= 0.3 is 0 Å². The number of imidazole rings is 1. The summed E-state index contributed by atoms with van der Waals surface area (Å²) in [6.45, 7) is 7.78. The van der Waals surface area contributed by atoms with Crippen LogP contribution in [0.3, 0.4) is 0 Å². The van der Waals surface area contributed by atoms with E-state index in [1.165, 1.54) is 12.1 Å². The number of hydrogen-bond donors (Lipinski definition) is 1. The summed E-state index contributed by atoms with van der Waals surface area (Å²) in [6.07, 6.45) is 4.10. The number of rotatable bonds is 7. The monoisotopic (exact) mass is 223 g/mol. The number of aryl methyl sites for hydroxylation is 2. The molecule has 0 saturated heterocycles. The van der Waals surface area contributed by atoms with Crippen LogP contribution in [0.25, 0.3) is 0 Å². The maximum Gasteiger partial charge on any atom is 0.207 e. The predicted molar refractivity (Wildman–Crippen MR) is 64.4 cm³/mol. The Bertz CT molecular complexity index is 344. The first-order valence-corrected chi connectivity index (χ1v) is 5.90. The lowest BCUT2D eigenvalue weighted by Crippen LogP contribution is -2.20. The van der Waals surface area contributed by atoms with Gasteiger partial charge in [0.25, 0.3) is 0 Å². The molecule has 4 heteroatoms. The van der Waals surface area contributed by atoms with E-state index >= 15 is 0 Å². The third kappa shape index (κ3) is 3.08. The summed E-state index contributed by atoms with van der Waals surface area (Å²) in [5.41, 5.74) is 2.30. The fourth-order valence-corrected chi connectivity index (χ4v) is 1.78. The lowest BCUT2D eigenvalue weighted by molar-refractivity contribution is -0.109. The second kappa shape index (κ2) is 6.30.